The molecule has 8 aliphatic rings. The Kier molecular flexibility index (Phi) is 3.36. The van der Waals surface area contributed by atoms with Crippen LogP contribution < -0.4 is 5.32 Å². The van der Waals surface area contributed by atoms with Gasteiger partial charge in [0.2, 0.25) is 0 Å². The van der Waals surface area contributed by atoms with E-state index < -0.39 is 0 Å². The van der Waals surface area contributed by atoms with E-state index in [1.165, 1.54) is 0 Å². The minimum Gasteiger partial charge on any atom is -0.311 e. The molecular weight excluding hydrogens is 302 g/mol. The van der Waals surface area contributed by atoms with Crippen LogP contribution in [0.25, 0.3) is 0 Å². The summed E-state index contributed by atoms with van der Waals surface area (Å²) in [4.78, 5) is 0. The zero-order valence-electron chi connectivity index (χ0n) is 16.6. The second kappa shape index (κ2) is 5.27. The van der Waals surface area contributed by atoms with Gasteiger partial charge in [-0.25, -0.2) is 0 Å². The van der Waals surface area contributed by atoms with E-state index in [-0.39, 0.29) is 0 Å². The van der Waals surface area contributed by atoms with Crippen LogP contribution in [0, 0.1) is 46.3 Å². The van der Waals surface area contributed by atoms with Gasteiger partial charge in [-0.3, -0.25) is 0 Å². The molecule has 1 N–H and O–H groups in total. The summed E-state index contributed by atoms with van der Waals surface area (Å²) in [5, 5.41) is 4.29. The molecule has 0 spiro atoms. The molecule has 0 amide bonds. The van der Waals surface area contributed by atoms with Crippen LogP contribution in [0.4, 0.5) is 0 Å². The summed E-state index contributed by atoms with van der Waals surface area (Å²) in [7, 11) is 0. The van der Waals surface area contributed by atoms with Crippen LogP contribution in [-0.4, -0.2) is 12.1 Å². The van der Waals surface area contributed by atoms with Crippen LogP contribution in [0.1, 0.15) is 90.9 Å². The van der Waals surface area contributed by atoms with E-state index in [9.17, 15) is 0 Å². The van der Waals surface area contributed by atoms with E-state index in [1.54, 1.807) is 77.0 Å². The molecule has 0 radical (unpaired) electrons. The lowest BCUT2D eigenvalue weighted by Gasteiger charge is -2.62. The van der Waals surface area contributed by atoms with Gasteiger partial charge in [0.1, 0.15) is 0 Å². The molecule has 2 unspecified atom stereocenters. The number of nitrogens with one attached hydrogen (secondary N) is 1. The molecule has 1 nitrogen and oxygen atoms in total. The lowest BCUT2D eigenvalue weighted by Crippen LogP contribution is -2.61. The number of hydrogen-bond donors (Lipinski definition) is 1. The van der Waals surface area contributed by atoms with Gasteiger partial charge in [0.05, 0.1) is 0 Å². The van der Waals surface area contributed by atoms with E-state index in [4.69, 9.17) is 0 Å². The van der Waals surface area contributed by atoms with E-state index in [0.717, 1.165) is 47.6 Å². The lowest BCUT2D eigenvalue weighted by molar-refractivity contribution is -0.0943. The Morgan fingerprint density at radius 1 is 0.520 bits per heavy atom. The predicted octanol–water partition coefficient (Wildman–Crippen LogP) is 5.79. The van der Waals surface area contributed by atoms with Gasteiger partial charge in [-0.15, -0.1) is 0 Å². The zero-order chi connectivity index (χ0) is 16.8. The minimum absolute atomic E-state index is 0.672. The van der Waals surface area contributed by atoms with Gasteiger partial charge in [0, 0.05) is 12.1 Å². The Morgan fingerprint density at radius 3 is 1.00 bits per heavy atom. The van der Waals surface area contributed by atoms with Gasteiger partial charge in [-0.2, -0.15) is 0 Å². The highest BCUT2D eigenvalue weighted by atomic mass is 15.0. The first kappa shape index (κ1) is 16.0. The van der Waals surface area contributed by atoms with Gasteiger partial charge in [-0.05, 0) is 137 Å². The predicted molar refractivity (Wildman–Crippen MR) is 103 cm³/mol. The highest BCUT2D eigenvalue weighted by Crippen LogP contribution is 2.63. The van der Waals surface area contributed by atoms with Crippen molar-refractivity contribution in [3.63, 3.8) is 0 Å². The van der Waals surface area contributed by atoms with Crippen LogP contribution in [0.5, 0.6) is 0 Å². The topological polar surface area (TPSA) is 12.0 Å². The molecule has 2 atom stereocenters. The Labute approximate surface area is 155 Å². The van der Waals surface area contributed by atoms with Crippen LogP contribution >= 0.6 is 0 Å². The van der Waals surface area contributed by atoms with Gasteiger partial charge in [-0.1, -0.05) is 0 Å². The zero-order valence-corrected chi connectivity index (χ0v) is 16.6. The molecule has 25 heavy (non-hydrogen) atoms. The average Bonchev–Trinajstić information content (AvgIpc) is 2.52. The fourth-order valence-electron chi connectivity index (χ4n) is 10.1. The summed E-state index contributed by atoms with van der Waals surface area (Å²) in [5.74, 6) is 6.53. The average molecular weight is 342 g/mol. The maximum atomic E-state index is 4.29. The van der Waals surface area contributed by atoms with Gasteiger partial charge < -0.3 is 5.32 Å². The molecule has 0 aromatic heterocycles. The maximum Gasteiger partial charge on any atom is 0.00982 e. The van der Waals surface area contributed by atoms with Crippen molar-refractivity contribution in [1.29, 1.82) is 0 Å². The molecule has 8 rings (SSSR count). The molecule has 8 bridgehead atoms. The second-order valence-corrected chi connectivity index (χ2v) is 12.2. The molecular formula is C24H39N. The SMILES string of the molecule is CC(NC(C)C12CC3CC(CC(C3)C1)C2)C12CC3CC(CC(C3)C1)C2. The van der Waals surface area contributed by atoms with Crippen LogP contribution in [-0.2, 0) is 0 Å². The summed E-state index contributed by atoms with van der Waals surface area (Å²) < 4.78 is 0. The van der Waals surface area contributed by atoms with E-state index in [2.05, 4.69) is 19.2 Å². The highest BCUT2D eigenvalue weighted by molar-refractivity contribution is 5.09. The van der Waals surface area contributed by atoms with Crippen molar-refractivity contribution in [2.45, 2.75) is 103 Å². The quantitative estimate of drug-likeness (QED) is 0.683. The first-order valence-electron chi connectivity index (χ1n) is 11.8. The number of hydrogen-bond acceptors (Lipinski definition) is 1. The smallest absolute Gasteiger partial charge is 0.00982 e. The molecule has 8 fully saturated rings. The Hall–Kier alpha value is -0.0400. The molecule has 140 valence electrons. The van der Waals surface area contributed by atoms with Crippen molar-refractivity contribution >= 4 is 0 Å². The van der Waals surface area contributed by atoms with Gasteiger partial charge in [0.15, 0.2) is 0 Å². The molecule has 0 heterocycles. The molecule has 8 saturated carbocycles. The van der Waals surface area contributed by atoms with E-state index in [1.807, 2.05) is 0 Å². The molecule has 0 aromatic rings. The molecule has 0 aromatic carbocycles. The third-order valence-corrected chi connectivity index (χ3v) is 10.5. The van der Waals surface area contributed by atoms with Gasteiger partial charge >= 0.3 is 0 Å². The third-order valence-electron chi connectivity index (χ3n) is 10.5. The van der Waals surface area contributed by atoms with Crippen LogP contribution in [0.2, 0.25) is 0 Å². The molecule has 0 saturated heterocycles. The highest BCUT2D eigenvalue weighted by Gasteiger charge is 2.56. The fraction of sp³-hybridized carbons (Fsp3) is 1.00. The number of rotatable bonds is 4. The van der Waals surface area contributed by atoms with Crippen molar-refractivity contribution in [1.82, 2.24) is 5.32 Å². The Balaban J connectivity index is 1.20. The largest absolute Gasteiger partial charge is 0.311 e. The fourth-order valence-corrected chi connectivity index (χ4v) is 10.1. The summed E-state index contributed by atoms with van der Waals surface area (Å²) in [6, 6.07) is 1.51. The Morgan fingerprint density at radius 2 is 0.760 bits per heavy atom. The minimum atomic E-state index is 0.672. The lowest BCUT2D eigenvalue weighted by atomic mass is 9.46. The standard InChI is InChI=1S/C24H39N/c1-15(23-9-17-3-18(10-23)5-19(4-17)11-23)25-16(2)24-12-20-6-21(13-24)8-22(7-20)14-24/h15-22,25H,3-14H2,1-2H3. The summed E-state index contributed by atoms with van der Waals surface area (Å²) in [6.07, 6.45) is 18.8. The van der Waals surface area contributed by atoms with Gasteiger partial charge in [0.25, 0.3) is 0 Å². The van der Waals surface area contributed by atoms with E-state index in [0.29, 0.717) is 10.8 Å². The van der Waals surface area contributed by atoms with Crippen molar-refractivity contribution in [3.05, 3.63) is 0 Å². The Bertz CT molecular complexity index is 430. The van der Waals surface area contributed by atoms with Crippen molar-refractivity contribution in [3.8, 4) is 0 Å². The van der Waals surface area contributed by atoms with Crippen LogP contribution in [0.3, 0.4) is 0 Å². The normalized spacial score (nSPS) is 57.8. The first-order valence-corrected chi connectivity index (χ1v) is 11.8. The summed E-state index contributed by atoms with van der Waals surface area (Å²) in [6.45, 7) is 5.17. The second-order valence-electron chi connectivity index (χ2n) is 12.2. The van der Waals surface area contributed by atoms with Crippen LogP contribution in [0.15, 0.2) is 0 Å². The van der Waals surface area contributed by atoms with Crippen molar-refractivity contribution in [2.75, 3.05) is 0 Å². The third kappa shape index (κ3) is 2.36. The monoisotopic (exact) mass is 341 g/mol. The first-order chi connectivity index (χ1) is 12.0. The maximum absolute atomic E-state index is 4.29. The molecule has 1 heteroatoms. The molecule has 0 aliphatic heterocycles. The summed E-state index contributed by atoms with van der Waals surface area (Å²) in [5.41, 5.74) is 1.34. The molecule has 8 aliphatic carbocycles. The van der Waals surface area contributed by atoms with Crippen molar-refractivity contribution < 1.29 is 0 Å². The van der Waals surface area contributed by atoms with Crippen molar-refractivity contribution in [2.24, 2.45) is 46.3 Å². The summed E-state index contributed by atoms with van der Waals surface area (Å²) >= 11 is 0. The van der Waals surface area contributed by atoms with E-state index >= 15 is 0 Å².